The van der Waals surface area contributed by atoms with Crippen LogP contribution in [0.25, 0.3) is 11.1 Å². The van der Waals surface area contributed by atoms with Crippen molar-refractivity contribution in [2.75, 3.05) is 11.5 Å². The van der Waals surface area contributed by atoms with E-state index in [0.717, 1.165) is 27.9 Å². The molecule has 26 heavy (non-hydrogen) atoms. The maximum absolute atomic E-state index is 12.6. The molecule has 0 unspecified atom stereocenters. The number of fused-ring (bicyclic) bond motifs is 1. The first kappa shape index (κ1) is 16.4. The Morgan fingerprint density at radius 1 is 1.00 bits per heavy atom. The van der Waals surface area contributed by atoms with E-state index in [1.165, 1.54) is 11.9 Å². The van der Waals surface area contributed by atoms with Crippen molar-refractivity contribution < 1.29 is 9.53 Å². The molecule has 1 aliphatic heterocycles. The first-order chi connectivity index (χ1) is 12.7. The summed E-state index contributed by atoms with van der Waals surface area (Å²) in [5, 5.41) is 0. The van der Waals surface area contributed by atoms with E-state index in [9.17, 15) is 4.79 Å². The molecule has 0 saturated heterocycles. The summed E-state index contributed by atoms with van der Waals surface area (Å²) in [5.74, 6) is -0.0277. The Labute approximate surface area is 152 Å². The van der Waals surface area contributed by atoms with E-state index in [-0.39, 0.29) is 12.5 Å². The van der Waals surface area contributed by atoms with E-state index in [0.29, 0.717) is 13.2 Å². The van der Waals surface area contributed by atoms with Crippen LogP contribution in [0, 0.1) is 6.92 Å². The minimum atomic E-state index is -0.0277. The van der Waals surface area contributed by atoms with Crippen LogP contribution in [0.3, 0.4) is 0 Å². The fourth-order valence-corrected chi connectivity index (χ4v) is 3.10. The lowest BCUT2D eigenvalue weighted by Crippen LogP contribution is -2.32. The molecule has 3 aromatic rings. The number of carbonyl (C=O) groups is 1. The molecule has 0 radical (unpaired) electrons. The van der Waals surface area contributed by atoms with Crippen LogP contribution in [0.5, 0.6) is 0 Å². The number of rotatable bonds is 3. The largest absolute Gasteiger partial charge is 0.367 e. The van der Waals surface area contributed by atoms with Gasteiger partial charge >= 0.3 is 0 Å². The van der Waals surface area contributed by atoms with Crippen molar-refractivity contribution in [3.63, 3.8) is 0 Å². The minimum absolute atomic E-state index is 0.0277. The van der Waals surface area contributed by atoms with E-state index in [4.69, 9.17) is 4.74 Å². The van der Waals surface area contributed by atoms with Gasteiger partial charge in [-0.15, -0.1) is 0 Å². The Bertz CT molecular complexity index is 924. The standard InChI is InChI=1S/C21H19N3O2/c1-15-2-4-16(5-3-15)11-24-20-7-6-17(19-9-22-14-23-10-19)8-18(20)12-26-13-21(24)25/h2-10,14H,11-13H2,1H3. The van der Waals surface area contributed by atoms with Gasteiger partial charge in [0.2, 0.25) is 0 Å². The lowest BCUT2D eigenvalue weighted by atomic mass is 10.0. The second kappa shape index (κ2) is 7.06. The number of amides is 1. The molecular weight excluding hydrogens is 326 g/mol. The third-order valence-electron chi connectivity index (χ3n) is 4.51. The number of benzene rings is 2. The zero-order valence-electron chi connectivity index (χ0n) is 14.6. The molecule has 1 aromatic heterocycles. The number of nitrogens with zero attached hydrogens (tertiary/aromatic N) is 3. The van der Waals surface area contributed by atoms with Crippen molar-refractivity contribution in [3.05, 3.63) is 77.9 Å². The molecule has 0 atom stereocenters. The molecule has 130 valence electrons. The second-order valence-corrected chi connectivity index (χ2v) is 6.43. The number of carbonyl (C=O) groups excluding carboxylic acids is 1. The topological polar surface area (TPSA) is 55.3 Å². The van der Waals surface area contributed by atoms with Gasteiger partial charge < -0.3 is 9.64 Å². The molecule has 0 saturated carbocycles. The van der Waals surface area contributed by atoms with Gasteiger partial charge in [0.15, 0.2) is 0 Å². The number of ether oxygens (including phenoxy) is 1. The van der Waals surface area contributed by atoms with E-state index < -0.39 is 0 Å². The maximum Gasteiger partial charge on any atom is 0.253 e. The van der Waals surface area contributed by atoms with E-state index in [2.05, 4.69) is 47.2 Å². The maximum atomic E-state index is 12.6. The summed E-state index contributed by atoms with van der Waals surface area (Å²) in [5.41, 5.74) is 6.14. The molecule has 0 fully saturated rings. The highest BCUT2D eigenvalue weighted by Gasteiger charge is 2.23. The van der Waals surface area contributed by atoms with Crippen molar-refractivity contribution in [1.29, 1.82) is 0 Å². The molecular formula is C21H19N3O2. The summed E-state index contributed by atoms with van der Waals surface area (Å²) in [6.45, 7) is 3.08. The van der Waals surface area contributed by atoms with Crippen LogP contribution in [0.2, 0.25) is 0 Å². The lowest BCUT2D eigenvalue weighted by Gasteiger charge is -2.23. The van der Waals surface area contributed by atoms with Crippen molar-refractivity contribution in [1.82, 2.24) is 9.97 Å². The van der Waals surface area contributed by atoms with Gasteiger partial charge in [0.25, 0.3) is 5.91 Å². The average molecular weight is 345 g/mol. The third-order valence-corrected chi connectivity index (χ3v) is 4.51. The minimum Gasteiger partial charge on any atom is -0.367 e. The molecule has 2 aromatic carbocycles. The Morgan fingerprint density at radius 2 is 1.77 bits per heavy atom. The highest BCUT2D eigenvalue weighted by atomic mass is 16.5. The van der Waals surface area contributed by atoms with Gasteiger partial charge in [-0.1, -0.05) is 35.9 Å². The Morgan fingerprint density at radius 3 is 2.54 bits per heavy atom. The first-order valence-electron chi connectivity index (χ1n) is 8.53. The van der Waals surface area contributed by atoms with Gasteiger partial charge in [-0.05, 0) is 30.2 Å². The van der Waals surface area contributed by atoms with Gasteiger partial charge in [-0.25, -0.2) is 9.97 Å². The number of anilines is 1. The summed E-state index contributed by atoms with van der Waals surface area (Å²) in [6, 6.07) is 14.3. The Kier molecular flexibility index (Phi) is 4.46. The van der Waals surface area contributed by atoms with Crippen LogP contribution in [-0.4, -0.2) is 22.5 Å². The van der Waals surface area contributed by atoms with Crippen LogP contribution in [0.4, 0.5) is 5.69 Å². The molecule has 5 nitrogen and oxygen atoms in total. The predicted molar refractivity (Wildman–Crippen MR) is 99.5 cm³/mol. The third kappa shape index (κ3) is 3.34. The number of aromatic nitrogens is 2. The molecule has 0 aliphatic carbocycles. The summed E-state index contributed by atoms with van der Waals surface area (Å²) in [4.78, 5) is 22.5. The molecule has 5 heteroatoms. The van der Waals surface area contributed by atoms with Gasteiger partial charge in [-0.2, -0.15) is 0 Å². The van der Waals surface area contributed by atoms with Crippen LogP contribution in [0.1, 0.15) is 16.7 Å². The van der Waals surface area contributed by atoms with Crippen LogP contribution >= 0.6 is 0 Å². The van der Waals surface area contributed by atoms with Crippen LogP contribution < -0.4 is 4.90 Å². The van der Waals surface area contributed by atoms with Crippen LogP contribution in [0.15, 0.2) is 61.2 Å². The molecule has 0 N–H and O–H groups in total. The van der Waals surface area contributed by atoms with E-state index >= 15 is 0 Å². The molecule has 1 aliphatic rings. The van der Waals surface area contributed by atoms with Crippen LogP contribution in [-0.2, 0) is 22.7 Å². The quantitative estimate of drug-likeness (QED) is 0.729. The zero-order valence-corrected chi connectivity index (χ0v) is 14.6. The van der Waals surface area contributed by atoms with E-state index in [1.807, 2.05) is 12.1 Å². The Hall–Kier alpha value is -3.05. The molecule has 4 rings (SSSR count). The zero-order chi connectivity index (χ0) is 17.9. The van der Waals surface area contributed by atoms with Gasteiger partial charge in [0, 0.05) is 29.2 Å². The average Bonchev–Trinajstić information content (AvgIpc) is 2.83. The van der Waals surface area contributed by atoms with Crippen molar-refractivity contribution in [2.45, 2.75) is 20.1 Å². The number of hydrogen-bond acceptors (Lipinski definition) is 4. The predicted octanol–water partition coefficient (Wildman–Crippen LogP) is 3.52. The summed E-state index contributed by atoms with van der Waals surface area (Å²) >= 11 is 0. The van der Waals surface area contributed by atoms with Crippen molar-refractivity contribution in [3.8, 4) is 11.1 Å². The molecule has 0 bridgehead atoms. The molecule has 1 amide bonds. The Balaban J connectivity index is 1.70. The molecule has 2 heterocycles. The summed E-state index contributed by atoms with van der Waals surface area (Å²) in [7, 11) is 0. The molecule has 0 spiro atoms. The SMILES string of the molecule is Cc1ccc(CN2C(=O)COCc3cc(-c4cncnc4)ccc32)cc1. The van der Waals surface area contributed by atoms with Crippen molar-refractivity contribution >= 4 is 11.6 Å². The summed E-state index contributed by atoms with van der Waals surface area (Å²) in [6.07, 6.45) is 5.07. The monoisotopic (exact) mass is 345 g/mol. The summed E-state index contributed by atoms with van der Waals surface area (Å²) < 4.78 is 5.59. The smallest absolute Gasteiger partial charge is 0.253 e. The van der Waals surface area contributed by atoms with Gasteiger partial charge in [0.1, 0.15) is 12.9 Å². The first-order valence-corrected chi connectivity index (χ1v) is 8.53. The fraction of sp³-hybridized carbons (Fsp3) is 0.190. The number of hydrogen-bond donors (Lipinski definition) is 0. The highest BCUT2D eigenvalue weighted by molar-refractivity contribution is 5.95. The highest BCUT2D eigenvalue weighted by Crippen LogP contribution is 2.30. The van der Waals surface area contributed by atoms with Gasteiger partial charge in [-0.3, -0.25) is 4.79 Å². The fourth-order valence-electron chi connectivity index (χ4n) is 3.10. The second-order valence-electron chi connectivity index (χ2n) is 6.43. The number of aryl methyl sites for hydroxylation is 1. The lowest BCUT2D eigenvalue weighted by molar-refractivity contribution is -0.123. The normalized spacial score (nSPS) is 14.0. The van der Waals surface area contributed by atoms with Crippen molar-refractivity contribution in [2.24, 2.45) is 0 Å². The van der Waals surface area contributed by atoms with E-state index in [1.54, 1.807) is 17.3 Å². The van der Waals surface area contributed by atoms with Gasteiger partial charge in [0.05, 0.1) is 13.2 Å².